The van der Waals surface area contributed by atoms with E-state index in [0.29, 0.717) is 12.8 Å². The number of nitrogens with zero attached hydrogens (tertiary/aromatic N) is 3. The zero-order chi connectivity index (χ0) is 9.14. The summed E-state index contributed by atoms with van der Waals surface area (Å²) in [6.45, 7) is 0.270. The van der Waals surface area contributed by atoms with Gasteiger partial charge < -0.3 is 15.5 Å². The average molecular weight is 174 g/mol. The van der Waals surface area contributed by atoms with E-state index in [1.807, 2.05) is 0 Å². The first-order valence-electron chi connectivity index (χ1n) is 3.46. The molecule has 1 aliphatic rings. The molecule has 68 valence electrons. The highest BCUT2D eigenvalue weighted by molar-refractivity contribution is 5.73. The third-order valence-electron chi connectivity index (χ3n) is 1.80. The molecule has 0 unspecified atom stereocenters. The van der Waals surface area contributed by atoms with Gasteiger partial charge in [-0.25, -0.2) is 4.79 Å². The van der Waals surface area contributed by atoms with Gasteiger partial charge in [-0.3, -0.25) is 0 Å². The Morgan fingerprint density at radius 2 is 2.42 bits per heavy atom. The summed E-state index contributed by atoms with van der Waals surface area (Å²) in [6.07, 6.45) is 0.967. The average Bonchev–Trinajstić information content (AvgIpc) is 2.50. The van der Waals surface area contributed by atoms with Crippen LogP contribution in [0.2, 0.25) is 0 Å². The zero-order valence-electron chi connectivity index (χ0n) is 6.21. The van der Waals surface area contributed by atoms with Crippen LogP contribution in [-0.4, -0.2) is 33.6 Å². The number of carboxylic acid groups (broad SMARTS) is 1. The van der Waals surface area contributed by atoms with Gasteiger partial charge in [0.25, 0.3) is 0 Å². The van der Waals surface area contributed by atoms with Crippen molar-refractivity contribution in [2.45, 2.75) is 18.9 Å². The Bertz CT molecular complexity index is 217. The van der Waals surface area contributed by atoms with Gasteiger partial charge in [0.1, 0.15) is 0 Å². The molecule has 1 aliphatic heterocycles. The number of hydrogen-bond acceptors (Lipinski definition) is 4. The van der Waals surface area contributed by atoms with E-state index >= 15 is 0 Å². The summed E-state index contributed by atoms with van der Waals surface area (Å²) in [5.74, 6) is -1.10. The lowest BCUT2D eigenvalue weighted by Gasteiger charge is -2.17. The molecule has 12 heavy (non-hydrogen) atoms. The molecule has 7 heteroatoms. The van der Waals surface area contributed by atoms with E-state index in [1.54, 1.807) is 0 Å². The van der Waals surface area contributed by atoms with Crippen LogP contribution in [0.1, 0.15) is 12.8 Å². The first-order valence-corrected chi connectivity index (χ1v) is 3.46. The van der Waals surface area contributed by atoms with Crippen LogP contribution in [-0.2, 0) is 4.79 Å². The predicted molar refractivity (Wildman–Crippen MR) is 36.8 cm³/mol. The topological polar surface area (TPSA) is 102 Å². The lowest BCUT2D eigenvalue weighted by atomic mass is 10.2. The van der Waals surface area contributed by atoms with E-state index in [1.165, 1.54) is 0 Å². The lowest BCUT2D eigenvalue weighted by Crippen LogP contribution is -2.40. The predicted octanol–water partition coefficient (Wildman–Crippen LogP) is -0.0893. The molecular formula is C5H8N3O4-. The normalized spacial score (nSPS) is 24.5. The molecule has 1 fully saturated rings. The van der Waals surface area contributed by atoms with Gasteiger partial charge in [-0.2, -0.15) is 0 Å². The van der Waals surface area contributed by atoms with Crippen LogP contribution in [0.3, 0.4) is 0 Å². The van der Waals surface area contributed by atoms with Crippen LogP contribution < -0.4 is 0 Å². The maximum atomic E-state index is 10.6. The Morgan fingerprint density at radius 3 is 2.92 bits per heavy atom. The molecule has 0 aliphatic carbocycles. The molecule has 0 amide bonds. The van der Waals surface area contributed by atoms with Crippen LogP contribution in [0.15, 0.2) is 5.28 Å². The van der Waals surface area contributed by atoms with Crippen molar-refractivity contribution in [3.05, 3.63) is 10.4 Å². The van der Waals surface area contributed by atoms with Gasteiger partial charge in [0.15, 0.2) is 6.04 Å². The summed E-state index contributed by atoms with van der Waals surface area (Å²) in [5, 5.41) is 32.0. The standard InChI is InChI=1S/C5H9N3O4/c9-5(10)4-2-1-3-7(4)8(12)6-11/h4,11H,1-3H2,(H,9,10)/p-1/b8-6-/t4-/m1/s1. The number of hydrazine groups is 1. The Morgan fingerprint density at radius 1 is 1.75 bits per heavy atom. The minimum absolute atomic E-state index is 0.203. The van der Waals surface area contributed by atoms with E-state index in [0.717, 1.165) is 5.01 Å². The number of rotatable bonds is 2. The molecule has 1 atom stereocenters. The van der Waals surface area contributed by atoms with Crippen molar-refractivity contribution >= 4 is 5.97 Å². The van der Waals surface area contributed by atoms with E-state index < -0.39 is 12.0 Å². The highest BCUT2D eigenvalue weighted by atomic mass is 16.6. The third-order valence-corrected chi connectivity index (χ3v) is 1.80. The maximum Gasteiger partial charge on any atom is 0.332 e. The Balaban J connectivity index is 2.70. The largest absolute Gasteiger partial charge is 0.737 e. The smallest absolute Gasteiger partial charge is 0.332 e. The molecule has 1 heterocycles. The monoisotopic (exact) mass is 174 g/mol. The van der Waals surface area contributed by atoms with Gasteiger partial charge in [0.2, 0.25) is 0 Å². The minimum atomic E-state index is -1.10. The molecule has 1 saturated heterocycles. The van der Waals surface area contributed by atoms with Crippen molar-refractivity contribution in [1.29, 1.82) is 0 Å². The van der Waals surface area contributed by atoms with E-state index in [-0.39, 0.29) is 11.5 Å². The van der Waals surface area contributed by atoms with Gasteiger partial charge in [0, 0.05) is 4.97 Å². The molecule has 0 aromatic heterocycles. The fourth-order valence-corrected chi connectivity index (χ4v) is 1.25. The van der Waals surface area contributed by atoms with Crippen LogP contribution in [0.4, 0.5) is 0 Å². The molecule has 0 aromatic rings. The van der Waals surface area contributed by atoms with E-state index in [9.17, 15) is 15.2 Å². The van der Waals surface area contributed by atoms with Crippen molar-refractivity contribution in [2.75, 3.05) is 6.54 Å². The highest BCUT2D eigenvalue weighted by Crippen LogP contribution is 2.16. The summed E-state index contributed by atoms with van der Waals surface area (Å²) < 4.78 is 0. The fourth-order valence-electron chi connectivity index (χ4n) is 1.25. The first-order chi connectivity index (χ1) is 5.66. The van der Waals surface area contributed by atoms with Crippen molar-refractivity contribution in [3.8, 4) is 0 Å². The molecule has 1 rings (SSSR count). The van der Waals surface area contributed by atoms with Crippen LogP contribution in [0.25, 0.3) is 0 Å². The second kappa shape index (κ2) is 3.24. The van der Waals surface area contributed by atoms with E-state index in [4.69, 9.17) is 5.11 Å². The quantitative estimate of drug-likeness (QED) is 0.358. The summed E-state index contributed by atoms with van der Waals surface area (Å²) >= 11 is 0. The lowest BCUT2D eigenvalue weighted by molar-refractivity contribution is -0.691. The Kier molecular flexibility index (Phi) is 2.32. The summed E-state index contributed by atoms with van der Waals surface area (Å²) in [5.41, 5.74) is 0. The van der Waals surface area contributed by atoms with Gasteiger partial charge >= 0.3 is 5.97 Å². The van der Waals surface area contributed by atoms with Crippen LogP contribution in [0.5, 0.6) is 0 Å². The summed E-state index contributed by atoms with van der Waals surface area (Å²) in [6, 6.07) is -0.903. The number of carboxylic acids is 1. The summed E-state index contributed by atoms with van der Waals surface area (Å²) in [4.78, 5) is 10.3. The third kappa shape index (κ3) is 1.39. The van der Waals surface area contributed by atoms with Gasteiger partial charge in [-0.15, -0.1) is 5.01 Å². The first kappa shape index (κ1) is 8.57. The Labute approximate surface area is 68.0 Å². The van der Waals surface area contributed by atoms with Crippen molar-refractivity contribution in [2.24, 2.45) is 5.28 Å². The molecule has 7 nitrogen and oxygen atoms in total. The molecule has 0 radical (unpaired) electrons. The van der Waals surface area contributed by atoms with Gasteiger partial charge in [-0.1, -0.05) is 0 Å². The van der Waals surface area contributed by atoms with Gasteiger partial charge in [-0.05, 0) is 18.1 Å². The second-order valence-corrected chi connectivity index (χ2v) is 2.49. The maximum absolute atomic E-state index is 10.6. The Hall–Kier alpha value is -1.53. The van der Waals surface area contributed by atoms with Crippen molar-refractivity contribution in [1.82, 2.24) is 5.01 Å². The fraction of sp³-hybridized carbons (Fsp3) is 0.800. The van der Waals surface area contributed by atoms with Gasteiger partial charge in [0.05, 0.1) is 6.54 Å². The number of hydrogen-bond donors (Lipinski definition) is 1. The molecule has 0 aromatic carbocycles. The number of carbonyl (C=O) groups is 1. The number of aliphatic carboxylic acids is 1. The zero-order valence-corrected chi connectivity index (χ0v) is 6.21. The van der Waals surface area contributed by atoms with Crippen LogP contribution >= 0.6 is 0 Å². The molecule has 0 spiro atoms. The highest BCUT2D eigenvalue weighted by Gasteiger charge is 2.35. The molecule has 0 saturated carbocycles. The molecule has 0 bridgehead atoms. The van der Waals surface area contributed by atoms with Crippen LogP contribution in [0, 0.1) is 10.4 Å². The summed E-state index contributed by atoms with van der Waals surface area (Å²) in [7, 11) is 0. The SMILES string of the molecule is O=C(O)[C@H]1CCCN1/[N+]([O-])=N/[O-]. The van der Waals surface area contributed by atoms with Crippen molar-refractivity contribution < 1.29 is 14.9 Å². The second-order valence-electron chi connectivity index (χ2n) is 2.49. The molecular weight excluding hydrogens is 166 g/mol. The van der Waals surface area contributed by atoms with E-state index in [2.05, 4.69) is 5.28 Å². The molecule has 1 N–H and O–H groups in total. The van der Waals surface area contributed by atoms with Crippen molar-refractivity contribution in [3.63, 3.8) is 0 Å². The minimum Gasteiger partial charge on any atom is -0.737 e.